The monoisotopic (exact) mass is 214 g/mol. The predicted molar refractivity (Wildman–Crippen MR) is 62.1 cm³/mol. The molecular weight excluding hydrogens is 200 g/mol. The number of aliphatic hydroxyl groups excluding tert-OH is 1. The molecule has 0 bridgehead atoms. The van der Waals surface area contributed by atoms with Crippen molar-refractivity contribution < 1.29 is 5.11 Å². The van der Waals surface area contributed by atoms with Gasteiger partial charge >= 0.3 is 0 Å². The van der Waals surface area contributed by atoms with Gasteiger partial charge in [-0.2, -0.15) is 0 Å². The van der Waals surface area contributed by atoms with Crippen molar-refractivity contribution in [3.05, 3.63) is 41.7 Å². The fourth-order valence-corrected chi connectivity index (χ4v) is 2.19. The van der Waals surface area contributed by atoms with E-state index in [1.807, 2.05) is 30.3 Å². The molecule has 16 heavy (non-hydrogen) atoms. The number of aryl methyl sites for hydroxylation is 1. The Morgan fingerprint density at radius 1 is 1.25 bits per heavy atom. The van der Waals surface area contributed by atoms with Gasteiger partial charge in [0.2, 0.25) is 0 Å². The number of hydrogen-bond donors (Lipinski definition) is 2. The van der Waals surface area contributed by atoms with Crippen molar-refractivity contribution in [3.63, 3.8) is 0 Å². The van der Waals surface area contributed by atoms with Crippen LogP contribution in [0.15, 0.2) is 30.3 Å². The van der Waals surface area contributed by atoms with E-state index >= 15 is 0 Å². The van der Waals surface area contributed by atoms with Gasteiger partial charge in [0.25, 0.3) is 0 Å². The quantitative estimate of drug-likeness (QED) is 0.762. The molecule has 0 saturated carbocycles. The van der Waals surface area contributed by atoms with Crippen LogP contribution in [0, 0.1) is 0 Å². The largest absolute Gasteiger partial charge is 0.393 e. The lowest BCUT2D eigenvalue weighted by molar-refractivity contribution is 0.157. The lowest BCUT2D eigenvalue weighted by Crippen LogP contribution is -2.18. The number of nitrogens with zero attached hydrogens (tertiary/aromatic N) is 1. The Bertz CT molecular complexity index is 490. The lowest BCUT2D eigenvalue weighted by atomic mass is 9.99. The number of hydrogen-bond acceptors (Lipinski definition) is 2. The van der Waals surface area contributed by atoms with Crippen molar-refractivity contribution in [2.24, 2.45) is 0 Å². The van der Waals surface area contributed by atoms with Crippen LogP contribution in [0.4, 0.5) is 0 Å². The molecule has 1 aromatic carbocycles. The molecule has 1 aromatic heterocycles. The standard InChI is InChI=1S/C13H14N2O/c16-10-6-7-11-12(8-10)15-13(14-11)9-4-2-1-3-5-9/h1-5,10,16H,6-8H2,(H,14,15). The van der Waals surface area contributed by atoms with Crippen LogP contribution < -0.4 is 0 Å². The highest BCUT2D eigenvalue weighted by Crippen LogP contribution is 2.23. The molecule has 0 fully saturated rings. The Hall–Kier alpha value is -1.61. The summed E-state index contributed by atoms with van der Waals surface area (Å²) in [5.74, 6) is 0.916. The van der Waals surface area contributed by atoms with E-state index in [1.54, 1.807) is 0 Å². The molecule has 1 atom stereocenters. The van der Waals surface area contributed by atoms with Crippen molar-refractivity contribution in [1.29, 1.82) is 0 Å². The van der Waals surface area contributed by atoms with Gasteiger partial charge in [-0.15, -0.1) is 0 Å². The van der Waals surface area contributed by atoms with Gasteiger partial charge in [0.05, 0.1) is 11.8 Å². The lowest BCUT2D eigenvalue weighted by Gasteiger charge is -2.14. The van der Waals surface area contributed by atoms with Crippen LogP contribution in [0.1, 0.15) is 17.8 Å². The third-order valence-electron chi connectivity index (χ3n) is 3.07. The molecule has 1 aliphatic carbocycles. The van der Waals surface area contributed by atoms with Gasteiger partial charge < -0.3 is 10.1 Å². The molecule has 3 nitrogen and oxygen atoms in total. The molecule has 1 aliphatic rings. The Kier molecular flexibility index (Phi) is 2.26. The van der Waals surface area contributed by atoms with Gasteiger partial charge in [0.1, 0.15) is 5.82 Å². The molecule has 2 aromatic rings. The van der Waals surface area contributed by atoms with E-state index in [0.29, 0.717) is 6.42 Å². The molecular formula is C13H14N2O. The Morgan fingerprint density at radius 2 is 2.06 bits per heavy atom. The topological polar surface area (TPSA) is 48.9 Å². The summed E-state index contributed by atoms with van der Waals surface area (Å²) in [7, 11) is 0. The maximum Gasteiger partial charge on any atom is 0.137 e. The maximum atomic E-state index is 9.59. The van der Waals surface area contributed by atoms with E-state index < -0.39 is 0 Å². The highest BCUT2D eigenvalue weighted by atomic mass is 16.3. The van der Waals surface area contributed by atoms with Gasteiger partial charge in [0, 0.05) is 17.7 Å². The normalized spacial score (nSPS) is 19.4. The van der Waals surface area contributed by atoms with Crippen LogP contribution in [0.2, 0.25) is 0 Å². The number of imidazole rings is 1. The summed E-state index contributed by atoms with van der Waals surface area (Å²) in [5.41, 5.74) is 3.31. The molecule has 0 amide bonds. The molecule has 0 saturated heterocycles. The van der Waals surface area contributed by atoms with Crippen molar-refractivity contribution in [2.75, 3.05) is 0 Å². The zero-order valence-corrected chi connectivity index (χ0v) is 8.98. The maximum absolute atomic E-state index is 9.59. The van der Waals surface area contributed by atoms with Gasteiger partial charge in [-0.05, 0) is 12.8 Å². The van der Waals surface area contributed by atoms with Crippen molar-refractivity contribution in [2.45, 2.75) is 25.4 Å². The van der Waals surface area contributed by atoms with Gasteiger partial charge in [-0.25, -0.2) is 4.98 Å². The van der Waals surface area contributed by atoms with E-state index in [4.69, 9.17) is 0 Å². The molecule has 1 unspecified atom stereocenters. The summed E-state index contributed by atoms with van der Waals surface area (Å²) in [5, 5.41) is 9.59. The number of H-pyrrole nitrogens is 1. The SMILES string of the molecule is OC1CCc2nc(-c3ccccc3)[nH]c2C1. The minimum Gasteiger partial charge on any atom is -0.393 e. The van der Waals surface area contributed by atoms with Gasteiger partial charge in [0.15, 0.2) is 0 Å². The average molecular weight is 214 g/mol. The smallest absolute Gasteiger partial charge is 0.137 e. The van der Waals surface area contributed by atoms with Crippen LogP contribution in [0.25, 0.3) is 11.4 Å². The Morgan fingerprint density at radius 3 is 2.88 bits per heavy atom. The fourth-order valence-electron chi connectivity index (χ4n) is 2.19. The summed E-state index contributed by atoms with van der Waals surface area (Å²) in [6, 6.07) is 10.1. The number of aromatic nitrogens is 2. The summed E-state index contributed by atoms with van der Waals surface area (Å²) in [6.07, 6.45) is 2.19. The molecule has 2 N–H and O–H groups in total. The number of nitrogens with one attached hydrogen (secondary N) is 1. The van der Waals surface area contributed by atoms with Crippen LogP contribution in [-0.4, -0.2) is 21.2 Å². The van der Waals surface area contributed by atoms with Crippen LogP contribution in [0.3, 0.4) is 0 Å². The minimum absolute atomic E-state index is 0.212. The molecule has 0 aliphatic heterocycles. The molecule has 0 radical (unpaired) electrons. The Labute approximate surface area is 94.2 Å². The van der Waals surface area contributed by atoms with Crippen LogP contribution >= 0.6 is 0 Å². The van der Waals surface area contributed by atoms with Gasteiger partial charge in [-0.1, -0.05) is 30.3 Å². The molecule has 3 rings (SSSR count). The average Bonchev–Trinajstić information content (AvgIpc) is 2.73. The number of aromatic amines is 1. The summed E-state index contributed by atoms with van der Waals surface area (Å²) in [4.78, 5) is 7.90. The van der Waals surface area contributed by atoms with Crippen molar-refractivity contribution in [1.82, 2.24) is 9.97 Å². The summed E-state index contributed by atoms with van der Waals surface area (Å²) in [6.45, 7) is 0. The van der Waals surface area contributed by atoms with Crippen LogP contribution in [0.5, 0.6) is 0 Å². The fraction of sp³-hybridized carbons (Fsp3) is 0.308. The summed E-state index contributed by atoms with van der Waals surface area (Å²) >= 11 is 0. The van der Waals surface area contributed by atoms with E-state index in [9.17, 15) is 5.11 Å². The first kappa shape index (κ1) is 9.60. The van der Waals surface area contributed by atoms with Crippen LogP contribution in [-0.2, 0) is 12.8 Å². The van der Waals surface area contributed by atoms with E-state index in [-0.39, 0.29) is 6.10 Å². The second-order valence-corrected chi connectivity index (χ2v) is 4.27. The zero-order valence-electron chi connectivity index (χ0n) is 8.98. The highest BCUT2D eigenvalue weighted by Gasteiger charge is 2.20. The molecule has 1 heterocycles. The molecule has 82 valence electrons. The van der Waals surface area contributed by atoms with Crippen molar-refractivity contribution in [3.8, 4) is 11.4 Å². The van der Waals surface area contributed by atoms with Gasteiger partial charge in [-0.3, -0.25) is 0 Å². The molecule has 0 spiro atoms. The first-order valence-electron chi connectivity index (χ1n) is 5.64. The predicted octanol–water partition coefficient (Wildman–Crippen LogP) is 1.93. The number of rotatable bonds is 1. The molecule has 3 heteroatoms. The first-order chi connectivity index (χ1) is 7.83. The van der Waals surface area contributed by atoms with Crippen molar-refractivity contribution >= 4 is 0 Å². The second-order valence-electron chi connectivity index (χ2n) is 4.27. The summed E-state index contributed by atoms with van der Waals surface area (Å²) < 4.78 is 0. The Balaban J connectivity index is 1.99. The third-order valence-corrected chi connectivity index (χ3v) is 3.07. The number of benzene rings is 1. The third kappa shape index (κ3) is 1.63. The second kappa shape index (κ2) is 3.76. The van der Waals surface area contributed by atoms with E-state index in [2.05, 4.69) is 9.97 Å². The van der Waals surface area contributed by atoms with E-state index in [1.165, 1.54) is 0 Å². The van der Waals surface area contributed by atoms with E-state index in [0.717, 1.165) is 35.6 Å². The highest BCUT2D eigenvalue weighted by molar-refractivity contribution is 5.55. The first-order valence-corrected chi connectivity index (χ1v) is 5.64. The number of fused-ring (bicyclic) bond motifs is 1. The zero-order chi connectivity index (χ0) is 11.0. The number of aliphatic hydroxyl groups is 1. The minimum atomic E-state index is -0.212.